The maximum atomic E-state index is 5.97. The molecule has 0 bridgehead atoms. The molecule has 0 aliphatic rings. The van der Waals surface area contributed by atoms with Crippen LogP contribution in [0.15, 0.2) is 33.8 Å². The van der Waals surface area contributed by atoms with Crippen LogP contribution in [0.5, 0.6) is 11.5 Å². The monoisotopic (exact) mass is 346 g/mol. The fraction of sp³-hybridized carbons (Fsp3) is 0.444. The summed E-state index contributed by atoms with van der Waals surface area (Å²) in [4.78, 5) is 4.30. The second-order valence-corrected chi connectivity index (χ2v) is 5.62. The fourth-order valence-electron chi connectivity index (χ4n) is 2.56. The van der Waals surface area contributed by atoms with Crippen molar-refractivity contribution in [2.24, 2.45) is 10.7 Å². The van der Waals surface area contributed by atoms with Gasteiger partial charge in [0.2, 0.25) is 0 Å². The molecule has 136 valence electrons. The van der Waals surface area contributed by atoms with Crippen molar-refractivity contribution in [3.63, 3.8) is 0 Å². The molecule has 1 aromatic heterocycles. The van der Waals surface area contributed by atoms with Crippen molar-refractivity contribution in [2.75, 3.05) is 19.5 Å². The number of aromatic nitrogens is 1. The normalized spacial score (nSPS) is 11.6. The first kappa shape index (κ1) is 18.6. The zero-order valence-electron chi connectivity index (χ0n) is 15.2. The third-order valence-corrected chi connectivity index (χ3v) is 4.06. The van der Waals surface area contributed by atoms with Gasteiger partial charge in [0.25, 0.3) is 0 Å². The number of nitrogens with zero attached hydrogens (tertiary/aromatic N) is 2. The third kappa shape index (κ3) is 4.89. The van der Waals surface area contributed by atoms with Crippen LogP contribution in [-0.2, 0) is 6.54 Å². The Morgan fingerprint density at radius 1 is 1.24 bits per heavy atom. The minimum Gasteiger partial charge on any atom is -0.497 e. The van der Waals surface area contributed by atoms with Crippen LogP contribution in [0.2, 0.25) is 0 Å². The van der Waals surface area contributed by atoms with E-state index in [9.17, 15) is 0 Å². The van der Waals surface area contributed by atoms with E-state index in [1.54, 1.807) is 26.4 Å². The summed E-state index contributed by atoms with van der Waals surface area (Å²) in [6.45, 7) is 4.60. The maximum Gasteiger partial charge on any atom is 0.193 e. The molecule has 0 amide bonds. The SMILES string of the molecule is CCC(CC)c1cc(CN=C(N)Nc2cc(OC)ccc2OC)on1. The molecule has 2 rings (SSSR count). The number of hydrogen-bond acceptors (Lipinski definition) is 5. The van der Waals surface area contributed by atoms with Crippen LogP contribution in [0, 0.1) is 0 Å². The summed E-state index contributed by atoms with van der Waals surface area (Å²) in [6.07, 6.45) is 2.07. The highest BCUT2D eigenvalue weighted by Crippen LogP contribution is 2.28. The van der Waals surface area contributed by atoms with Crippen LogP contribution < -0.4 is 20.5 Å². The van der Waals surface area contributed by atoms with Crippen molar-refractivity contribution in [2.45, 2.75) is 39.2 Å². The summed E-state index contributed by atoms with van der Waals surface area (Å²) in [5, 5.41) is 7.15. The van der Waals surface area contributed by atoms with E-state index in [0.717, 1.165) is 18.5 Å². The molecule has 0 fully saturated rings. The van der Waals surface area contributed by atoms with E-state index in [1.807, 2.05) is 12.1 Å². The van der Waals surface area contributed by atoms with Crippen LogP contribution in [0.1, 0.15) is 44.1 Å². The molecule has 3 N–H and O–H groups in total. The van der Waals surface area contributed by atoms with Gasteiger partial charge in [-0.3, -0.25) is 0 Å². The topological polar surface area (TPSA) is 94.9 Å². The van der Waals surface area contributed by atoms with E-state index in [-0.39, 0.29) is 5.96 Å². The average Bonchev–Trinajstić information content (AvgIpc) is 3.09. The van der Waals surface area contributed by atoms with Gasteiger partial charge in [-0.15, -0.1) is 0 Å². The molecule has 7 nitrogen and oxygen atoms in total. The summed E-state index contributed by atoms with van der Waals surface area (Å²) >= 11 is 0. The Kier molecular flexibility index (Phi) is 6.68. The van der Waals surface area contributed by atoms with Gasteiger partial charge in [0.05, 0.1) is 25.6 Å². The van der Waals surface area contributed by atoms with Crippen LogP contribution in [-0.4, -0.2) is 25.3 Å². The highest BCUT2D eigenvalue weighted by atomic mass is 16.5. The zero-order valence-corrected chi connectivity index (χ0v) is 15.2. The summed E-state index contributed by atoms with van der Waals surface area (Å²) in [6, 6.07) is 7.35. The predicted molar refractivity (Wildman–Crippen MR) is 98.3 cm³/mol. The molecule has 0 radical (unpaired) electrons. The molecule has 2 aromatic rings. The number of anilines is 1. The number of methoxy groups -OCH3 is 2. The number of guanidine groups is 1. The smallest absolute Gasteiger partial charge is 0.193 e. The average molecular weight is 346 g/mol. The van der Waals surface area contributed by atoms with Crippen LogP contribution in [0.3, 0.4) is 0 Å². The van der Waals surface area contributed by atoms with Crippen molar-refractivity contribution < 1.29 is 14.0 Å². The Balaban J connectivity index is 2.05. The molecule has 0 aliphatic heterocycles. The molecule has 0 atom stereocenters. The quantitative estimate of drug-likeness (QED) is 0.561. The van der Waals surface area contributed by atoms with Gasteiger partial charge < -0.3 is 25.0 Å². The molecule has 25 heavy (non-hydrogen) atoms. The number of rotatable bonds is 8. The molecule has 0 saturated carbocycles. The van der Waals surface area contributed by atoms with Gasteiger partial charge in [-0.2, -0.15) is 0 Å². The van der Waals surface area contributed by atoms with E-state index < -0.39 is 0 Å². The second-order valence-electron chi connectivity index (χ2n) is 5.62. The fourth-order valence-corrected chi connectivity index (χ4v) is 2.56. The van der Waals surface area contributed by atoms with Gasteiger partial charge >= 0.3 is 0 Å². The third-order valence-electron chi connectivity index (χ3n) is 4.06. The number of ether oxygens (including phenoxy) is 2. The highest BCUT2D eigenvalue weighted by Gasteiger charge is 2.13. The van der Waals surface area contributed by atoms with Crippen LogP contribution in [0.4, 0.5) is 5.69 Å². The maximum absolute atomic E-state index is 5.97. The molecular formula is C18H26N4O3. The number of hydrogen-bond donors (Lipinski definition) is 2. The summed E-state index contributed by atoms with van der Waals surface area (Å²) in [5.41, 5.74) is 7.62. The second kappa shape index (κ2) is 8.96. The summed E-state index contributed by atoms with van der Waals surface area (Å²) < 4.78 is 15.9. The molecule has 7 heteroatoms. The lowest BCUT2D eigenvalue weighted by atomic mass is 9.99. The van der Waals surface area contributed by atoms with Crippen molar-refractivity contribution in [1.82, 2.24) is 5.16 Å². The molecule has 0 spiro atoms. The van der Waals surface area contributed by atoms with Gasteiger partial charge in [-0.05, 0) is 25.0 Å². The Hall–Kier alpha value is -2.70. The lowest BCUT2D eigenvalue weighted by Gasteiger charge is -2.11. The first-order valence-electron chi connectivity index (χ1n) is 8.35. The molecule has 0 aliphatic carbocycles. The van der Waals surface area contributed by atoms with E-state index in [0.29, 0.717) is 35.4 Å². The summed E-state index contributed by atoms with van der Waals surface area (Å²) in [7, 11) is 3.19. The first-order valence-corrected chi connectivity index (χ1v) is 8.35. The number of aliphatic imine (C=N–C) groups is 1. The lowest BCUT2D eigenvalue weighted by Crippen LogP contribution is -2.23. The largest absolute Gasteiger partial charge is 0.497 e. The van der Waals surface area contributed by atoms with Gasteiger partial charge in [-0.25, -0.2) is 4.99 Å². The predicted octanol–water partition coefficient (Wildman–Crippen LogP) is 3.52. The lowest BCUT2D eigenvalue weighted by molar-refractivity contribution is 0.372. The van der Waals surface area contributed by atoms with E-state index in [2.05, 4.69) is 29.3 Å². The Morgan fingerprint density at radius 2 is 2.00 bits per heavy atom. The zero-order chi connectivity index (χ0) is 18.2. The number of benzene rings is 1. The van der Waals surface area contributed by atoms with Gasteiger partial charge in [-0.1, -0.05) is 19.0 Å². The van der Waals surface area contributed by atoms with Crippen molar-refractivity contribution >= 4 is 11.6 Å². The molecule has 1 heterocycles. The number of nitrogens with one attached hydrogen (secondary N) is 1. The molecular weight excluding hydrogens is 320 g/mol. The van der Waals surface area contributed by atoms with Crippen LogP contribution >= 0.6 is 0 Å². The van der Waals surface area contributed by atoms with Crippen molar-refractivity contribution in [3.05, 3.63) is 35.7 Å². The minimum atomic E-state index is 0.257. The summed E-state index contributed by atoms with van der Waals surface area (Å²) in [5.74, 6) is 2.70. The first-order chi connectivity index (χ1) is 12.1. The Morgan fingerprint density at radius 3 is 2.64 bits per heavy atom. The number of nitrogens with two attached hydrogens (primary N) is 1. The van der Waals surface area contributed by atoms with E-state index in [1.165, 1.54) is 0 Å². The highest BCUT2D eigenvalue weighted by molar-refractivity contribution is 5.93. The van der Waals surface area contributed by atoms with Crippen LogP contribution in [0.25, 0.3) is 0 Å². The van der Waals surface area contributed by atoms with Crippen molar-refractivity contribution in [1.29, 1.82) is 0 Å². The minimum absolute atomic E-state index is 0.257. The Labute approximate surface area is 148 Å². The van der Waals surface area contributed by atoms with E-state index >= 15 is 0 Å². The van der Waals surface area contributed by atoms with Crippen molar-refractivity contribution in [3.8, 4) is 11.5 Å². The molecule has 1 aromatic carbocycles. The Bertz CT molecular complexity index is 708. The van der Waals surface area contributed by atoms with Gasteiger partial charge in [0.15, 0.2) is 11.7 Å². The van der Waals surface area contributed by atoms with E-state index in [4.69, 9.17) is 19.7 Å². The standard InChI is InChI=1S/C18H26N4O3/c1-5-12(6-2)15-10-14(25-22-15)11-20-18(19)21-16-9-13(23-3)7-8-17(16)24-4/h7-10,12H,5-6,11H2,1-4H3,(H3,19,20,21). The van der Waals surface area contributed by atoms with Gasteiger partial charge in [0, 0.05) is 18.1 Å². The molecule has 0 unspecified atom stereocenters. The molecule has 0 saturated heterocycles. The van der Waals surface area contributed by atoms with Gasteiger partial charge in [0.1, 0.15) is 18.0 Å².